The van der Waals surface area contributed by atoms with Crippen LogP contribution in [0.3, 0.4) is 0 Å². The van der Waals surface area contributed by atoms with Gasteiger partial charge in [-0.1, -0.05) is 43.3 Å². The second-order valence-electron chi connectivity index (χ2n) is 8.78. The van der Waals surface area contributed by atoms with E-state index in [1.165, 1.54) is 6.42 Å². The highest BCUT2D eigenvalue weighted by molar-refractivity contribution is 6.37. The molecule has 3 aromatic rings. The second-order valence-corrected chi connectivity index (χ2v) is 9.16. The lowest BCUT2D eigenvalue weighted by Crippen LogP contribution is -2.62. The monoisotopic (exact) mass is 448 g/mol. The number of aromatic nitrogens is 4. The molecule has 32 heavy (non-hydrogen) atoms. The van der Waals surface area contributed by atoms with Crippen LogP contribution in [0.1, 0.15) is 41.7 Å². The quantitative estimate of drug-likeness (QED) is 0.544. The van der Waals surface area contributed by atoms with Gasteiger partial charge in [-0.2, -0.15) is 0 Å². The van der Waals surface area contributed by atoms with Crippen molar-refractivity contribution in [1.82, 2.24) is 25.3 Å². The Kier molecular flexibility index (Phi) is 5.74. The molecule has 0 radical (unpaired) electrons. The second kappa shape index (κ2) is 8.68. The molecule has 2 aliphatic rings. The number of nitrogens with one attached hydrogen (secondary N) is 2. The summed E-state index contributed by atoms with van der Waals surface area (Å²) in [5.74, 6) is 2.53. The van der Waals surface area contributed by atoms with Gasteiger partial charge in [-0.25, -0.2) is 9.97 Å². The molecule has 0 spiro atoms. The lowest BCUT2D eigenvalue weighted by molar-refractivity contribution is 0.197. The first-order valence-corrected chi connectivity index (χ1v) is 11.7. The van der Waals surface area contributed by atoms with E-state index in [2.05, 4.69) is 46.7 Å². The minimum absolute atomic E-state index is 0.545. The fraction of sp³-hybridized carbons (Fsp3) is 0.400. The third kappa shape index (κ3) is 3.82. The normalized spacial score (nSPS) is 20.5. The lowest BCUT2D eigenvalue weighted by Gasteiger charge is -2.46. The zero-order valence-electron chi connectivity index (χ0n) is 18.7. The SMILES string of the molecule is C=C/C=C\c1ncc(Cc2nc(N3CCC4CNC4C3)c3c(Cl)c(CC)[nH]c3n2)cc1C. The Morgan fingerprint density at radius 1 is 1.34 bits per heavy atom. The van der Waals surface area contributed by atoms with E-state index in [0.717, 1.165) is 82.2 Å². The number of aryl methyl sites for hydroxylation is 2. The Morgan fingerprint density at radius 2 is 2.22 bits per heavy atom. The lowest BCUT2D eigenvalue weighted by atomic mass is 9.85. The van der Waals surface area contributed by atoms with Crippen molar-refractivity contribution in [3.63, 3.8) is 0 Å². The van der Waals surface area contributed by atoms with E-state index in [1.807, 2.05) is 18.3 Å². The number of allylic oxidation sites excluding steroid dienone is 2. The molecule has 0 amide bonds. The number of rotatable bonds is 6. The van der Waals surface area contributed by atoms with E-state index in [0.29, 0.717) is 12.5 Å². The van der Waals surface area contributed by atoms with Crippen molar-refractivity contribution < 1.29 is 0 Å². The molecule has 0 aliphatic carbocycles. The van der Waals surface area contributed by atoms with Gasteiger partial charge < -0.3 is 15.2 Å². The van der Waals surface area contributed by atoms with E-state index in [9.17, 15) is 0 Å². The van der Waals surface area contributed by atoms with Crippen molar-refractivity contribution in [2.45, 2.75) is 39.2 Å². The molecular weight excluding hydrogens is 420 g/mol. The van der Waals surface area contributed by atoms with Gasteiger partial charge in [0.2, 0.25) is 0 Å². The predicted octanol–water partition coefficient (Wildman–Crippen LogP) is 4.47. The van der Waals surface area contributed by atoms with Gasteiger partial charge in [-0.15, -0.1) is 0 Å². The fourth-order valence-corrected chi connectivity index (χ4v) is 5.11. The molecule has 0 bridgehead atoms. The van der Waals surface area contributed by atoms with E-state index < -0.39 is 0 Å². The van der Waals surface area contributed by atoms with Crippen LogP contribution in [0.2, 0.25) is 5.02 Å². The maximum atomic E-state index is 6.78. The molecule has 6 nitrogen and oxygen atoms in total. The number of piperidine rings is 1. The molecule has 3 aromatic heterocycles. The molecule has 2 saturated heterocycles. The van der Waals surface area contributed by atoms with Gasteiger partial charge in [0.05, 0.1) is 16.1 Å². The summed E-state index contributed by atoms with van der Waals surface area (Å²) < 4.78 is 0. The van der Waals surface area contributed by atoms with Crippen molar-refractivity contribution in [2.75, 3.05) is 24.5 Å². The highest BCUT2D eigenvalue weighted by atomic mass is 35.5. The molecule has 7 heteroatoms. The number of hydrogen-bond acceptors (Lipinski definition) is 5. The van der Waals surface area contributed by atoms with Crippen LogP contribution in [0.4, 0.5) is 5.82 Å². The molecule has 0 saturated carbocycles. The van der Waals surface area contributed by atoms with Gasteiger partial charge in [0.15, 0.2) is 0 Å². The van der Waals surface area contributed by atoms with E-state index in [4.69, 9.17) is 21.6 Å². The topological polar surface area (TPSA) is 69.7 Å². The highest BCUT2D eigenvalue weighted by Gasteiger charge is 2.37. The number of pyridine rings is 1. The Balaban J connectivity index is 1.51. The molecule has 5 heterocycles. The summed E-state index contributed by atoms with van der Waals surface area (Å²) in [4.78, 5) is 20.3. The summed E-state index contributed by atoms with van der Waals surface area (Å²) in [5, 5.41) is 5.26. The van der Waals surface area contributed by atoms with Crippen LogP contribution in [-0.2, 0) is 12.8 Å². The summed E-state index contributed by atoms with van der Waals surface area (Å²) in [6.07, 6.45) is 10.2. The first-order chi connectivity index (χ1) is 15.6. The molecule has 2 fully saturated rings. The zero-order valence-corrected chi connectivity index (χ0v) is 19.4. The Morgan fingerprint density at radius 3 is 2.91 bits per heavy atom. The molecule has 2 aliphatic heterocycles. The third-order valence-corrected chi connectivity index (χ3v) is 7.09. The fourth-order valence-electron chi connectivity index (χ4n) is 4.75. The van der Waals surface area contributed by atoms with Gasteiger partial charge >= 0.3 is 0 Å². The molecule has 0 aromatic carbocycles. The zero-order chi connectivity index (χ0) is 22.2. The summed E-state index contributed by atoms with van der Waals surface area (Å²) in [6, 6.07) is 2.70. The van der Waals surface area contributed by atoms with Crippen molar-refractivity contribution in [3.05, 3.63) is 64.4 Å². The average Bonchev–Trinajstić information content (AvgIpc) is 3.09. The Bertz CT molecular complexity index is 1200. The Labute approximate surface area is 193 Å². The number of aromatic amines is 1. The van der Waals surface area contributed by atoms with Crippen molar-refractivity contribution in [3.8, 4) is 0 Å². The maximum absolute atomic E-state index is 6.78. The molecule has 2 N–H and O–H groups in total. The summed E-state index contributed by atoms with van der Waals surface area (Å²) in [7, 11) is 0. The molecule has 2 atom stereocenters. The van der Waals surface area contributed by atoms with Crippen molar-refractivity contribution in [1.29, 1.82) is 0 Å². The summed E-state index contributed by atoms with van der Waals surface area (Å²) in [6.45, 7) is 11.0. The Hall–Kier alpha value is -2.70. The van der Waals surface area contributed by atoms with Crippen LogP contribution >= 0.6 is 11.6 Å². The standard InChI is InChI=1S/C25H29ClN6/c1-4-6-7-19-15(3)10-16(12-27-19)11-21-30-24-22(23(26)18(5-2)29-24)25(31-21)32-9-8-17-13-28-20(17)14-32/h4,6-7,10,12,17,20,28H,1,5,8-9,11,13-14H2,2-3H3,(H,29,30,31)/b7-6-. The van der Waals surface area contributed by atoms with E-state index in [-0.39, 0.29) is 0 Å². The van der Waals surface area contributed by atoms with Crippen LogP contribution in [0.25, 0.3) is 17.1 Å². The average molecular weight is 449 g/mol. The predicted molar refractivity (Wildman–Crippen MR) is 131 cm³/mol. The minimum Gasteiger partial charge on any atom is -0.354 e. The number of anilines is 1. The van der Waals surface area contributed by atoms with Gasteiger partial charge in [0.25, 0.3) is 0 Å². The number of H-pyrrole nitrogens is 1. The van der Waals surface area contributed by atoms with Crippen molar-refractivity contribution in [2.24, 2.45) is 5.92 Å². The van der Waals surface area contributed by atoms with E-state index in [1.54, 1.807) is 6.08 Å². The summed E-state index contributed by atoms with van der Waals surface area (Å²) >= 11 is 6.78. The van der Waals surface area contributed by atoms with Crippen LogP contribution in [-0.4, -0.2) is 45.6 Å². The molecule has 5 rings (SSSR count). The first-order valence-electron chi connectivity index (χ1n) is 11.4. The number of hydrogen-bond donors (Lipinski definition) is 2. The minimum atomic E-state index is 0.545. The van der Waals surface area contributed by atoms with Crippen LogP contribution in [0.5, 0.6) is 0 Å². The third-order valence-electron chi connectivity index (χ3n) is 6.67. The molecule has 166 valence electrons. The van der Waals surface area contributed by atoms with Crippen LogP contribution in [0.15, 0.2) is 31.0 Å². The number of nitrogens with zero attached hydrogens (tertiary/aromatic N) is 4. The van der Waals surface area contributed by atoms with Crippen molar-refractivity contribution >= 4 is 34.5 Å². The number of halogens is 1. The largest absolute Gasteiger partial charge is 0.354 e. The first kappa shape index (κ1) is 21.2. The molecule has 2 unspecified atom stereocenters. The maximum Gasteiger partial charge on any atom is 0.144 e. The van der Waals surface area contributed by atoms with Crippen LogP contribution in [0, 0.1) is 12.8 Å². The van der Waals surface area contributed by atoms with E-state index >= 15 is 0 Å². The molecular formula is C25H29ClN6. The van der Waals surface area contributed by atoms with Gasteiger partial charge in [-0.05, 0) is 49.4 Å². The highest BCUT2D eigenvalue weighted by Crippen LogP contribution is 2.36. The van der Waals surface area contributed by atoms with Gasteiger partial charge in [0, 0.05) is 37.4 Å². The number of fused-ring (bicyclic) bond motifs is 2. The summed E-state index contributed by atoms with van der Waals surface area (Å²) in [5.41, 5.74) is 5.01. The van der Waals surface area contributed by atoms with Crippen LogP contribution < -0.4 is 10.2 Å². The van der Waals surface area contributed by atoms with Gasteiger partial charge in [0.1, 0.15) is 17.3 Å². The van der Waals surface area contributed by atoms with Gasteiger partial charge in [-0.3, -0.25) is 4.98 Å². The smallest absolute Gasteiger partial charge is 0.144 e.